The summed E-state index contributed by atoms with van der Waals surface area (Å²) in [5, 5.41) is 2.99. The number of rotatable bonds is 7. The molecule has 0 aromatic heterocycles. The SMILES string of the molecule is O=C(CN1CCN(S(=O)(=O)c2ccccc2)CC1)NCCC1=CCCCC1. The highest BCUT2D eigenvalue weighted by molar-refractivity contribution is 7.89. The molecule has 3 rings (SSSR count). The van der Waals surface area contributed by atoms with E-state index in [1.165, 1.54) is 29.1 Å². The van der Waals surface area contributed by atoms with Crippen LogP contribution in [0.25, 0.3) is 0 Å². The van der Waals surface area contributed by atoms with Crippen molar-refractivity contribution in [2.24, 2.45) is 0 Å². The lowest BCUT2D eigenvalue weighted by Gasteiger charge is -2.33. The van der Waals surface area contributed by atoms with E-state index in [2.05, 4.69) is 11.4 Å². The first-order valence-corrected chi connectivity index (χ1v) is 11.2. The number of sulfonamides is 1. The second-order valence-corrected chi connectivity index (χ2v) is 9.14. The summed E-state index contributed by atoms with van der Waals surface area (Å²) in [6.07, 6.45) is 8.11. The highest BCUT2D eigenvalue weighted by Crippen LogP contribution is 2.19. The Labute approximate surface area is 162 Å². The fourth-order valence-electron chi connectivity index (χ4n) is 3.62. The number of piperazine rings is 1. The zero-order chi connectivity index (χ0) is 19.1. The first-order chi connectivity index (χ1) is 13.1. The fraction of sp³-hybridized carbons (Fsp3) is 0.550. The van der Waals surface area contributed by atoms with Gasteiger partial charge in [-0.05, 0) is 44.2 Å². The highest BCUT2D eigenvalue weighted by atomic mass is 32.2. The molecule has 0 radical (unpaired) electrons. The molecule has 1 amide bonds. The summed E-state index contributed by atoms with van der Waals surface area (Å²) < 4.78 is 26.8. The van der Waals surface area contributed by atoms with Crippen LogP contribution in [0.5, 0.6) is 0 Å². The van der Waals surface area contributed by atoms with Crippen LogP contribution in [0.3, 0.4) is 0 Å². The maximum Gasteiger partial charge on any atom is 0.243 e. The molecule has 6 nitrogen and oxygen atoms in total. The number of benzene rings is 1. The molecule has 0 unspecified atom stereocenters. The molecule has 1 heterocycles. The second-order valence-electron chi connectivity index (χ2n) is 7.20. The largest absolute Gasteiger partial charge is 0.355 e. The third-order valence-electron chi connectivity index (χ3n) is 5.23. The van der Waals surface area contributed by atoms with Crippen molar-refractivity contribution < 1.29 is 13.2 Å². The van der Waals surface area contributed by atoms with Gasteiger partial charge in [-0.1, -0.05) is 29.8 Å². The number of carbonyl (C=O) groups is 1. The van der Waals surface area contributed by atoms with Gasteiger partial charge in [-0.3, -0.25) is 9.69 Å². The molecule has 1 saturated heterocycles. The van der Waals surface area contributed by atoms with Gasteiger partial charge in [0.25, 0.3) is 0 Å². The maximum absolute atomic E-state index is 12.6. The van der Waals surface area contributed by atoms with Crippen molar-refractivity contribution in [2.45, 2.75) is 37.0 Å². The quantitative estimate of drug-likeness (QED) is 0.722. The van der Waals surface area contributed by atoms with Gasteiger partial charge in [-0.25, -0.2) is 8.42 Å². The number of amides is 1. The molecular formula is C20H29N3O3S. The van der Waals surface area contributed by atoms with Crippen LogP contribution in [-0.2, 0) is 14.8 Å². The van der Waals surface area contributed by atoms with Crippen molar-refractivity contribution in [1.29, 1.82) is 0 Å². The van der Waals surface area contributed by atoms with Gasteiger partial charge in [0, 0.05) is 32.7 Å². The van der Waals surface area contributed by atoms with Gasteiger partial charge in [-0.15, -0.1) is 0 Å². The summed E-state index contributed by atoms with van der Waals surface area (Å²) in [7, 11) is -3.44. The summed E-state index contributed by atoms with van der Waals surface area (Å²) in [5.41, 5.74) is 1.46. The van der Waals surface area contributed by atoms with E-state index < -0.39 is 10.0 Å². The van der Waals surface area contributed by atoms with Gasteiger partial charge in [-0.2, -0.15) is 4.31 Å². The maximum atomic E-state index is 12.6. The molecule has 1 aliphatic carbocycles. The van der Waals surface area contributed by atoms with Crippen molar-refractivity contribution in [1.82, 2.24) is 14.5 Å². The average molecular weight is 392 g/mol. The molecule has 7 heteroatoms. The second kappa shape index (κ2) is 9.48. The van der Waals surface area contributed by atoms with Crippen LogP contribution < -0.4 is 5.32 Å². The minimum absolute atomic E-state index is 0.0192. The molecule has 1 aromatic rings. The molecule has 1 aromatic carbocycles. The summed E-state index contributed by atoms with van der Waals surface area (Å²) in [4.78, 5) is 14.5. The van der Waals surface area contributed by atoms with Crippen LogP contribution >= 0.6 is 0 Å². The number of hydrogen-bond acceptors (Lipinski definition) is 4. The summed E-state index contributed by atoms with van der Waals surface area (Å²) in [6.45, 7) is 3.00. The summed E-state index contributed by atoms with van der Waals surface area (Å²) in [6, 6.07) is 8.52. The zero-order valence-electron chi connectivity index (χ0n) is 15.8. The van der Waals surface area contributed by atoms with Crippen LogP contribution in [0.15, 0.2) is 46.9 Å². The molecule has 0 atom stereocenters. The number of allylic oxidation sites excluding steroid dienone is 1. The summed E-state index contributed by atoms with van der Waals surface area (Å²) in [5.74, 6) is 0.0192. The molecular weight excluding hydrogens is 362 g/mol. The van der Waals surface area contributed by atoms with Gasteiger partial charge in [0.2, 0.25) is 15.9 Å². The topological polar surface area (TPSA) is 69.7 Å². The van der Waals surface area contributed by atoms with Gasteiger partial charge in [0.15, 0.2) is 0 Å². The lowest BCUT2D eigenvalue weighted by Crippen LogP contribution is -2.51. The Morgan fingerprint density at radius 2 is 1.78 bits per heavy atom. The van der Waals surface area contributed by atoms with E-state index >= 15 is 0 Å². The predicted molar refractivity (Wildman–Crippen MR) is 106 cm³/mol. The Bertz CT molecular complexity index is 754. The van der Waals surface area contributed by atoms with Gasteiger partial charge in [0.1, 0.15) is 0 Å². The van der Waals surface area contributed by atoms with E-state index in [0.29, 0.717) is 44.2 Å². The Hall–Kier alpha value is -1.70. The molecule has 148 valence electrons. The highest BCUT2D eigenvalue weighted by Gasteiger charge is 2.28. The van der Waals surface area contributed by atoms with Gasteiger partial charge < -0.3 is 5.32 Å². The van der Waals surface area contributed by atoms with Crippen molar-refractivity contribution in [3.8, 4) is 0 Å². The van der Waals surface area contributed by atoms with E-state index in [9.17, 15) is 13.2 Å². The smallest absolute Gasteiger partial charge is 0.243 e. The monoisotopic (exact) mass is 391 g/mol. The standard InChI is InChI=1S/C20H29N3O3S/c24-20(21-12-11-18-7-3-1-4-8-18)17-22-13-15-23(16-14-22)27(25,26)19-9-5-2-6-10-19/h2,5-7,9-10H,1,3-4,8,11-17H2,(H,21,24). The lowest BCUT2D eigenvalue weighted by molar-refractivity contribution is -0.122. The number of hydrogen-bond donors (Lipinski definition) is 1. The third kappa shape index (κ3) is 5.64. The molecule has 1 aliphatic heterocycles. The molecule has 0 spiro atoms. The van der Waals surface area contributed by atoms with Crippen molar-refractivity contribution in [3.05, 3.63) is 42.0 Å². The fourth-order valence-corrected chi connectivity index (χ4v) is 5.07. The van der Waals surface area contributed by atoms with Crippen LogP contribution in [0.2, 0.25) is 0 Å². The van der Waals surface area contributed by atoms with Crippen LogP contribution in [0.1, 0.15) is 32.1 Å². The Balaban J connectivity index is 1.40. The van der Waals surface area contributed by atoms with Crippen LogP contribution in [0.4, 0.5) is 0 Å². The van der Waals surface area contributed by atoms with Crippen molar-refractivity contribution in [2.75, 3.05) is 39.3 Å². The van der Waals surface area contributed by atoms with Crippen LogP contribution in [-0.4, -0.2) is 62.8 Å². The van der Waals surface area contributed by atoms with Gasteiger partial charge >= 0.3 is 0 Å². The molecule has 1 fully saturated rings. The van der Waals surface area contributed by atoms with Crippen LogP contribution in [0, 0.1) is 0 Å². The molecule has 1 N–H and O–H groups in total. The van der Waals surface area contributed by atoms with E-state index in [4.69, 9.17) is 0 Å². The number of nitrogens with zero attached hydrogens (tertiary/aromatic N) is 2. The first-order valence-electron chi connectivity index (χ1n) is 9.78. The minimum Gasteiger partial charge on any atom is -0.355 e. The average Bonchev–Trinajstić information content (AvgIpc) is 2.70. The van der Waals surface area contributed by atoms with E-state index in [-0.39, 0.29) is 5.91 Å². The van der Waals surface area contributed by atoms with Gasteiger partial charge in [0.05, 0.1) is 11.4 Å². The predicted octanol–water partition coefficient (Wildman–Crippen LogP) is 2.00. The Morgan fingerprint density at radius 3 is 2.44 bits per heavy atom. The molecule has 0 saturated carbocycles. The van der Waals surface area contributed by atoms with Crippen molar-refractivity contribution >= 4 is 15.9 Å². The first kappa shape index (κ1) is 20.0. The Kier molecular flexibility index (Phi) is 7.04. The third-order valence-corrected chi connectivity index (χ3v) is 7.15. The Morgan fingerprint density at radius 1 is 1.04 bits per heavy atom. The molecule has 27 heavy (non-hydrogen) atoms. The van der Waals surface area contributed by atoms with E-state index in [1.54, 1.807) is 30.3 Å². The van der Waals surface area contributed by atoms with E-state index in [1.807, 2.05) is 4.90 Å². The van der Waals surface area contributed by atoms with E-state index in [0.717, 1.165) is 12.8 Å². The number of carbonyl (C=O) groups excluding carboxylic acids is 1. The summed E-state index contributed by atoms with van der Waals surface area (Å²) >= 11 is 0. The minimum atomic E-state index is -3.44. The molecule has 0 bridgehead atoms. The number of nitrogens with one attached hydrogen (secondary N) is 1. The lowest BCUT2D eigenvalue weighted by atomic mass is 9.97. The van der Waals surface area contributed by atoms with Crippen molar-refractivity contribution in [3.63, 3.8) is 0 Å². The normalized spacial score (nSPS) is 19.5. The molecule has 2 aliphatic rings. The zero-order valence-corrected chi connectivity index (χ0v) is 16.6.